The highest BCUT2D eigenvalue weighted by Gasteiger charge is 2.50. The Balaban J connectivity index is 1.26. The molecule has 0 spiro atoms. The number of ether oxygens (including phenoxy) is 2. The number of fused-ring (bicyclic) bond motifs is 1. The average Bonchev–Trinajstić information content (AvgIpc) is 3.57. The Morgan fingerprint density at radius 1 is 1.15 bits per heavy atom. The second-order valence-electron chi connectivity index (χ2n) is 8.45. The van der Waals surface area contributed by atoms with Crippen molar-refractivity contribution in [2.24, 2.45) is 0 Å². The number of carbonyl (C=O) groups excluding carboxylic acids is 1. The van der Waals surface area contributed by atoms with Gasteiger partial charge in [-0.3, -0.25) is 0 Å². The quantitative estimate of drug-likeness (QED) is 0.590. The van der Waals surface area contributed by atoms with Gasteiger partial charge in [-0.05, 0) is 52.9 Å². The first-order valence-electron chi connectivity index (χ1n) is 10.9. The van der Waals surface area contributed by atoms with Gasteiger partial charge in [-0.2, -0.15) is 5.26 Å². The first-order chi connectivity index (χ1) is 16.5. The van der Waals surface area contributed by atoms with Crippen LogP contribution in [0.1, 0.15) is 11.6 Å². The van der Waals surface area contributed by atoms with Gasteiger partial charge >= 0.3 is 6.03 Å². The van der Waals surface area contributed by atoms with E-state index in [0.29, 0.717) is 30.3 Å². The fourth-order valence-corrected chi connectivity index (χ4v) is 4.33. The van der Waals surface area contributed by atoms with E-state index in [1.165, 1.54) is 0 Å². The van der Waals surface area contributed by atoms with Crippen LogP contribution < -0.4 is 15.5 Å². The minimum absolute atomic E-state index is 0.217. The average molecular weight is 460 g/mol. The summed E-state index contributed by atoms with van der Waals surface area (Å²) in [5, 5.41) is 27.0. The molecule has 4 unspecified atom stereocenters. The molecule has 0 aliphatic carbocycles. The van der Waals surface area contributed by atoms with Gasteiger partial charge in [0.05, 0.1) is 30.9 Å². The number of nitrogens with one attached hydrogen (secondary N) is 2. The first kappa shape index (κ1) is 21.8. The van der Waals surface area contributed by atoms with Crippen LogP contribution in [0, 0.1) is 11.3 Å². The summed E-state index contributed by atoms with van der Waals surface area (Å²) in [6.07, 6.45) is -0.620. The van der Waals surface area contributed by atoms with Crippen molar-refractivity contribution in [3.05, 3.63) is 54.1 Å². The van der Waals surface area contributed by atoms with Gasteiger partial charge in [0.2, 0.25) is 0 Å². The molecule has 11 nitrogen and oxygen atoms in total. The van der Waals surface area contributed by atoms with Gasteiger partial charge in [0.1, 0.15) is 18.2 Å². The molecule has 174 valence electrons. The second-order valence-corrected chi connectivity index (χ2v) is 8.45. The number of hydrogen-bond donors (Lipinski definition) is 2. The highest BCUT2D eigenvalue weighted by Crippen LogP contribution is 2.36. The second kappa shape index (κ2) is 9.09. The van der Waals surface area contributed by atoms with E-state index >= 15 is 0 Å². The lowest BCUT2D eigenvalue weighted by atomic mass is 10.1. The van der Waals surface area contributed by atoms with E-state index in [9.17, 15) is 4.79 Å². The summed E-state index contributed by atoms with van der Waals surface area (Å²) in [6, 6.07) is 15.8. The monoisotopic (exact) mass is 460 g/mol. The number of carbonyl (C=O) groups is 1. The van der Waals surface area contributed by atoms with E-state index in [1.807, 2.05) is 43.3 Å². The van der Waals surface area contributed by atoms with E-state index in [2.05, 4.69) is 32.2 Å². The maximum Gasteiger partial charge on any atom is 0.319 e. The fraction of sp³-hybridized carbons (Fsp3) is 0.348. The lowest BCUT2D eigenvalue weighted by Gasteiger charge is -2.18. The summed E-state index contributed by atoms with van der Waals surface area (Å²) >= 11 is 0. The lowest BCUT2D eigenvalue weighted by Crippen LogP contribution is -2.45. The Morgan fingerprint density at radius 3 is 2.71 bits per heavy atom. The van der Waals surface area contributed by atoms with Crippen LogP contribution in [0.3, 0.4) is 0 Å². The minimum Gasteiger partial charge on any atom is -0.378 e. The molecular weight excluding hydrogens is 436 g/mol. The van der Waals surface area contributed by atoms with Crippen molar-refractivity contribution >= 4 is 17.4 Å². The highest BCUT2D eigenvalue weighted by atomic mass is 16.6. The molecule has 2 saturated heterocycles. The Kier molecular flexibility index (Phi) is 5.83. The zero-order chi connectivity index (χ0) is 23.7. The molecule has 2 amide bonds. The van der Waals surface area contributed by atoms with E-state index in [-0.39, 0.29) is 30.3 Å². The third-order valence-electron chi connectivity index (χ3n) is 6.04. The summed E-state index contributed by atoms with van der Waals surface area (Å²) in [7, 11) is 3.97. The molecule has 2 aliphatic rings. The normalized spacial score (nSPS) is 23.2. The summed E-state index contributed by atoms with van der Waals surface area (Å²) < 4.78 is 13.8. The van der Waals surface area contributed by atoms with Crippen molar-refractivity contribution in [3.63, 3.8) is 0 Å². The van der Waals surface area contributed by atoms with Crippen LogP contribution in [0.5, 0.6) is 0 Å². The maximum absolute atomic E-state index is 12.5. The Labute approximate surface area is 196 Å². The molecule has 1 aromatic heterocycles. The van der Waals surface area contributed by atoms with Gasteiger partial charge in [-0.15, -0.1) is 5.10 Å². The standard InChI is InChI=1S/C23H24N8O3/c1-30(2)17-8-6-15(7-9-17)22-27-28-29-31(22)19-13-34-20-18(12-33-21(19)20)26-23(32)25-16-5-3-4-14(10-16)11-24/h3-10,18-21H,12-13H2,1-2H3,(H2,25,26,32). The number of hydrogen-bond acceptors (Lipinski definition) is 8. The van der Waals surface area contributed by atoms with Gasteiger partial charge in [0, 0.05) is 31.0 Å². The molecule has 0 radical (unpaired) electrons. The number of rotatable bonds is 5. The molecule has 2 N–H and O–H groups in total. The molecule has 4 atom stereocenters. The van der Waals surface area contributed by atoms with Crippen molar-refractivity contribution in [2.75, 3.05) is 37.5 Å². The predicted octanol–water partition coefficient (Wildman–Crippen LogP) is 1.81. The molecule has 2 aliphatic heterocycles. The largest absolute Gasteiger partial charge is 0.378 e. The molecule has 34 heavy (non-hydrogen) atoms. The topological polar surface area (TPSA) is 130 Å². The number of amides is 2. The SMILES string of the molecule is CN(C)c1ccc(-c2nnnn2C2COC3C(NC(=O)Nc4cccc(C#N)c4)COC32)cc1. The fourth-order valence-electron chi connectivity index (χ4n) is 4.33. The van der Waals surface area contributed by atoms with Gasteiger partial charge in [0.25, 0.3) is 0 Å². The predicted molar refractivity (Wildman–Crippen MR) is 123 cm³/mol. The Morgan fingerprint density at radius 2 is 1.94 bits per heavy atom. The van der Waals surface area contributed by atoms with Crippen molar-refractivity contribution in [3.8, 4) is 17.5 Å². The molecule has 2 fully saturated rings. The summed E-state index contributed by atoms with van der Waals surface area (Å²) in [4.78, 5) is 14.5. The smallest absolute Gasteiger partial charge is 0.319 e. The summed E-state index contributed by atoms with van der Waals surface area (Å²) in [6.45, 7) is 0.680. The van der Waals surface area contributed by atoms with Crippen LogP contribution in [-0.2, 0) is 9.47 Å². The molecule has 3 aromatic rings. The molecule has 0 saturated carbocycles. The van der Waals surface area contributed by atoms with Crippen LogP contribution in [0.2, 0.25) is 0 Å². The molecule has 3 heterocycles. The van der Waals surface area contributed by atoms with E-state index in [0.717, 1.165) is 11.3 Å². The highest BCUT2D eigenvalue weighted by molar-refractivity contribution is 5.89. The third kappa shape index (κ3) is 4.16. The summed E-state index contributed by atoms with van der Waals surface area (Å²) in [5.74, 6) is 0.634. The Bertz CT molecular complexity index is 1220. The van der Waals surface area contributed by atoms with Crippen LogP contribution in [0.15, 0.2) is 48.5 Å². The first-order valence-corrected chi connectivity index (χ1v) is 10.9. The van der Waals surface area contributed by atoms with Gasteiger partial charge in [0.15, 0.2) is 5.82 Å². The number of nitrogens with zero attached hydrogens (tertiary/aromatic N) is 6. The molecular formula is C23H24N8O3. The molecule has 0 bridgehead atoms. The number of benzene rings is 2. The van der Waals surface area contributed by atoms with Crippen molar-refractivity contribution in [1.82, 2.24) is 25.5 Å². The van der Waals surface area contributed by atoms with Gasteiger partial charge < -0.3 is 25.0 Å². The number of tetrazole rings is 1. The number of nitriles is 1. The Hall–Kier alpha value is -4.01. The zero-order valence-electron chi connectivity index (χ0n) is 18.8. The van der Waals surface area contributed by atoms with Crippen LogP contribution in [0.25, 0.3) is 11.4 Å². The van der Waals surface area contributed by atoms with E-state index in [1.54, 1.807) is 28.9 Å². The van der Waals surface area contributed by atoms with Crippen molar-refractivity contribution in [2.45, 2.75) is 24.3 Å². The van der Waals surface area contributed by atoms with Crippen LogP contribution >= 0.6 is 0 Å². The van der Waals surface area contributed by atoms with Gasteiger partial charge in [-0.25, -0.2) is 9.48 Å². The van der Waals surface area contributed by atoms with Crippen molar-refractivity contribution < 1.29 is 14.3 Å². The van der Waals surface area contributed by atoms with Gasteiger partial charge in [-0.1, -0.05) is 6.07 Å². The number of urea groups is 1. The van der Waals surface area contributed by atoms with E-state index < -0.39 is 0 Å². The van der Waals surface area contributed by atoms with Crippen LogP contribution in [-0.4, -0.2) is 71.8 Å². The van der Waals surface area contributed by atoms with E-state index in [4.69, 9.17) is 14.7 Å². The zero-order valence-corrected chi connectivity index (χ0v) is 18.8. The maximum atomic E-state index is 12.5. The minimum atomic E-state index is -0.388. The van der Waals surface area contributed by atoms with Crippen LogP contribution in [0.4, 0.5) is 16.2 Å². The third-order valence-corrected chi connectivity index (χ3v) is 6.04. The molecule has 11 heteroatoms. The summed E-state index contributed by atoms with van der Waals surface area (Å²) in [5.41, 5.74) is 2.98. The number of anilines is 2. The molecule has 2 aromatic carbocycles. The molecule has 5 rings (SSSR count). The van der Waals surface area contributed by atoms with Crippen molar-refractivity contribution in [1.29, 1.82) is 5.26 Å². The lowest BCUT2D eigenvalue weighted by molar-refractivity contribution is 0.0624. The number of aromatic nitrogens is 4.